The number of carboxylic acid groups (broad SMARTS) is 1. The molecule has 1 unspecified atom stereocenters. The number of nitrogens with one attached hydrogen (secondary N) is 1. The summed E-state index contributed by atoms with van der Waals surface area (Å²) in [5.74, 6) is -0.873. The Balaban J connectivity index is 2.42. The molecule has 1 atom stereocenters. The van der Waals surface area contributed by atoms with E-state index in [0.717, 1.165) is 0 Å². The molecule has 1 aromatic carbocycles. The second-order valence-electron chi connectivity index (χ2n) is 4.57. The van der Waals surface area contributed by atoms with E-state index in [0.29, 0.717) is 22.4 Å². The van der Waals surface area contributed by atoms with E-state index in [1.54, 1.807) is 44.2 Å². The number of anilines is 1. The molecule has 0 spiro atoms. The molecule has 2 N–H and O–H groups in total. The first-order valence-electron chi connectivity index (χ1n) is 6.33. The molecule has 0 amide bonds. The molecule has 0 bridgehead atoms. The molecule has 106 valence electrons. The second kappa shape index (κ2) is 6.01. The van der Waals surface area contributed by atoms with Crippen LogP contribution in [0.4, 0.5) is 5.82 Å². The quantitative estimate of drug-likeness (QED) is 0.892. The van der Waals surface area contributed by atoms with Crippen LogP contribution in [0.5, 0.6) is 0 Å². The molecule has 0 fully saturated rings. The molecule has 1 heterocycles. The summed E-state index contributed by atoms with van der Waals surface area (Å²) in [6, 6.07) is 9.77. The lowest BCUT2D eigenvalue weighted by molar-refractivity contribution is -0.138. The third-order valence-electron chi connectivity index (χ3n) is 3.23. The summed E-state index contributed by atoms with van der Waals surface area (Å²) in [7, 11) is 0. The fourth-order valence-corrected chi connectivity index (χ4v) is 1.92. The van der Waals surface area contributed by atoms with Crippen molar-refractivity contribution >= 4 is 11.8 Å². The van der Waals surface area contributed by atoms with Crippen LogP contribution in [0, 0.1) is 25.2 Å². The number of nitriles is 1. The molecule has 0 saturated heterocycles. The van der Waals surface area contributed by atoms with Crippen LogP contribution in [0.2, 0.25) is 0 Å². The number of hydrogen-bond acceptors (Lipinski definition) is 5. The number of benzene rings is 1. The van der Waals surface area contributed by atoms with Gasteiger partial charge in [-0.3, -0.25) is 0 Å². The lowest BCUT2D eigenvalue weighted by Crippen LogP contribution is -2.22. The Bertz CT molecular complexity index is 708. The van der Waals surface area contributed by atoms with Crippen LogP contribution < -0.4 is 5.32 Å². The average Bonchev–Trinajstić information content (AvgIpc) is 2.49. The summed E-state index contributed by atoms with van der Waals surface area (Å²) >= 11 is 0. The Kier molecular flexibility index (Phi) is 4.14. The number of aliphatic carboxylic acids is 1. The lowest BCUT2D eigenvalue weighted by Gasteiger charge is -2.16. The predicted octanol–water partition coefficient (Wildman–Crippen LogP) is 2.20. The number of carbonyl (C=O) groups is 1. The van der Waals surface area contributed by atoms with E-state index in [-0.39, 0.29) is 5.82 Å². The Hall–Kier alpha value is -2.94. The van der Waals surface area contributed by atoms with Crippen LogP contribution in [-0.2, 0) is 4.79 Å². The topological polar surface area (TPSA) is 98.9 Å². The van der Waals surface area contributed by atoms with Crippen LogP contribution >= 0.6 is 0 Å². The second-order valence-corrected chi connectivity index (χ2v) is 4.57. The SMILES string of the molecule is Cc1nnc(NC(C(=O)O)c2ccccc2)c(C#N)c1C. The van der Waals surface area contributed by atoms with Crippen LogP contribution in [0.3, 0.4) is 0 Å². The third kappa shape index (κ3) is 2.98. The van der Waals surface area contributed by atoms with E-state index in [9.17, 15) is 15.2 Å². The van der Waals surface area contributed by atoms with Crippen LogP contribution in [0.15, 0.2) is 30.3 Å². The van der Waals surface area contributed by atoms with Gasteiger partial charge < -0.3 is 10.4 Å². The van der Waals surface area contributed by atoms with E-state index in [1.807, 2.05) is 6.07 Å². The maximum Gasteiger partial charge on any atom is 0.330 e. The number of aryl methyl sites for hydroxylation is 1. The lowest BCUT2D eigenvalue weighted by atomic mass is 10.1. The average molecular weight is 282 g/mol. The van der Waals surface area contributed by atoms with Crippen molar-refractivity contribution in [3.05, 3.63) is 52.7 Å². The molecular formula is C15H14N4O2. The zero-order valence-electron chi connectivity index (χ0n) is 11.7. The van der Waals surface area contributed by atoms with E-state index in [4.69, 9.17) is 0 Å². The molecule has 0 aliphatic heterocycles. The highest BCUT2D eigenvalue weighted by molar-refractivity contribution is 5.79. The summed E-state index contributed by atoms with van der Waals surface area (Å²) in [6.45, 7) is 3.50. The van der Waals surface area contributed by atoms with Gasteiger partial charge in [0, 0.05) is 0 Å². The van der Waals surface area contributed by atoms with Gasteiger partial charge in [-0.15, -0.1) is 5.10 Å². The molecule has 2 rings (SSSR count). The first kappa shape index (κ1) is 14.5. The van der Waals surface area contributed by atoms with Gasteiger partial charge in [-0.2, -0.15) is 10.4 Å². The standard InChI is InChI=1S/C15H14N4O2/c1-9-10(2)18-19-14(12(9)8-16)17-13(15(20)21)11-6-4-3-5-7-11/h3-7,13H,1-2H3,(H,17,19)(H,20,21). The summed E-state index contributed by atoms with van der Waals surface area (Å²) in [6.07, 6.45) is 0. The summed E-state index contributed by atoms with van der Waals surface area (Å²) in [5.41, 5.74) is 2.22. The van der Waals surface area contributed by atoms with Gasteiger partial charge in [0.15, 0.2) is 11.9 Å². The van der Waals surface area contributed by atoms with Gasteiger partial charge in [0.05, 0.1) is 5.69 Å². The van der Waals surface area contributed by atoms with Crippen LogP contribution in [0.1, 0.15) is 28.4 Å². The number of hydrogen-bond donors (Lipinski definition) is 2. The van der Waals surface area contributed by atoms with Gasteiger partial charge >= 0.3 is 5.97 Å². The molecule has 0 saturated carbocycles. The monoisotopic (exact) mass is 282 g/mol. The summed E-state index contributed by atoms with van der Waals surface area (Å²) < 4.78 is 0. The van der Waals surface area contributed by atoms with Crippen molar-refractivity contribution in [1.29, 1.82) is 5.26 Å². The molecular weight excluding hydrogens is 268 g/mol. The maximum atomic E-state index is 11.5. The fraction of sp³-hybridized carbons (Fsp3) is 0.200. The van der Waals surface area contributed by atoms with Crippen molar-refractivity contribution in [2.24, 2.45) is 0 Å². The zero-order valence-corrected chi connectivity index (χ0v) is 11.7. The van der Waals surface area contributed by atoms with Gasteiger partial charge in [0.1, 0.15) is 11.6 Å². The summed E-state index contributed by atoms with van der Waals surface area (Å²) in [5, 5.41) is 29.3. The first-order chi connectivity index (χ1) is 10.0. The van der Waals surface area contributed by atoms with Crippen molar-refractivity contribution in [3.63, 3.8) is 0 Å². The molecule has 2 aromatic rings. The fourth-order valence-electron chi connectivity index (χ4n) is 1.92. The Morgan fingerprint density at radius 3 is 2.52 bits per heavy atom. The molecule has 21 heavy (non-hydrogen) atoms. The minimum Gasteiger partial charge on any atom is -0.479 e. The highest BCUT2D eigenvalue weighted by Gasteiger charge is 2.22. The van der Waals surface area contributed by atoms with Crippen molar-refractivity contribution < 1.29 is 9.90 Å². The third-order valence-corrected chi connectivity index (χ3v) is 3.23. The normalized spacial score (nSPS) is 11.5. The number of aromatic nitrogens is 2. The van der Waals surface area contributed by atoms with Gasteiger partial charge in [-0.05, 0) is 25.0 Å². The molecule has 0 aliphatic rings. The van der Waals surface area contributed by atoms with E-state index in [1.165, 1.54) is 0 Å². The number of carboxylic acids is 1. The first-order valence-corrected chi connectivity index (χ1v) is 6.33. The minimum atomic E-state index is -1.05. The van der Waals surface area contributed by atoms with Crippen molar-refractivity contribution in [1.82, 2.24) is 10.2 Å². The van der Waals surface area contributed by atoms with Crippen molar-refractivity contribution in [2.75, 3.05) is 5.32 Å². The van der Waals surface area contributed by atoms with Crippen LogP contribution in [0.25, 0.3) is 0 Å². The minimum absolute atomic E-state index is 0.178. The predicted molar refractivity (Wildman–Crippen MR) is 76.7 cm³/mol. The smallest absolute Gasteiger partial charge is 0.330 e. The number of nitrogens with zero attached hydrogens (tertiary/aromatic N) is 3. The van der Waals surface area contributed by atoms with Crippen LogP contribution in [-0.4, -0.2) is 21.3 Å². The van der Waals surface area contributed by atoms with Crippen molar-refractivity contribution in [2.45, 2.75) is 19.9 Å². The maximum absolute atomic E-state index is 11.5. The molecule has 0 radical (unpaired) electrons. The highest BCUT2D eigenvalue weighted by Crippen LogP contribution is 2.23. The van der Waals surface area contributed by atoms with E-state index in [2.05, 4.69) is 15.5 Å². The molecule has 1 aromatic heterocycles. The summed E-state index contributed by atoms with van der Waals surface area (Å²) in [4.78, 5) is 11.5. The zero-order chi connectivity index (χ0) is 15.4. The Labute approximate surface area is 122 Å². The highest BCUT2D eigenvalue weighted by atomic mass is 16.4. The largest absolute Gasteiger partial charge is 0.479 e. The Morgan fingerprint density at radius 2 is 1.95 bits per heavy atom. The van der Waals surface area contributed by atoms with Gasteiger partial charge in [0.2, 0.25) is 0 Å². The van der Waals surface area contributed by atoms with Gasteiger partial charge in [0.25, 0.3) is 0 Å². The molecule has 6 heteroatoms. The number of rotatable bonds is 4. The van der Waals surface area contributed by atoms with Gasteiger partial charge in [-0.25, -0.2) is 4.79 Å². The molecule has 6 nitrogen and oxygen atoms in total. The Morgan fingerprint density at radius 1 is 1.29 bits per heavy atom. The van der Waals surface area contributed by atoms with Gasteiger partial charge in [-0.1, -0.05) is 30.3 Å². The van der Waals surface area contributed by atoms with E-state index < -0.39 is 12.0 Å². The van der Waals surface area contributed by atoms with Crippen molar-refractivity contribution in [3.8, 4) is 6.07 Å². The molecule has 0 aliphatic carbocycles. The van der Waals surface area contributed by atoms with E-state index >= 15 is 0 Å².